The Balaban J connectivity index is 1.58. The summed E-state index contributed by atoms with van der Waals surface area (Å²) in [6, 6.07) is 12.9. The number of halogens is 2. The highest BCUT2D eigenvalue weighted by atomic mass is 32.2. The van der Waals surface area contributed by atoms with Crippen LogP contribution < -0.4 is 9.46 Å². The van der Waals surface area contributed by atoms with Crippen molar-refractivity contribution < 1.29 is 21.9 Å². The van der Waals surface area contributed by atoms with Gasteiger partial charge in [0, 0.05) is 41.2 Å². The van der Waals surface area contributed by atoms with E-state index in [-0.39, 0.29) is 11.6 Å². The Hall–Kier alpha value is -4.51. The van der Waals surface area contributed by atoms with Crippen molar-refractivity contribution in [3.05, 3.63) is 91.1 Å². The molecule has 0 unspecified atom stereocenters. The molecule has 5 rings (SSSR count). The summed E-state index contributed by atoms with van der Waals surface area (Å²) >= 11 is 0. The molecule has 0 aliphatic heterocycles. The highest BCUT2D eigenvalue weighted by molar-refractivity contribution is 7.92. The number of sulfonamides is 1. The van der Waals surface area contributed by atoms with Crippen molar-refractivity contribution in [1.82, 2.24) is 19.9 Å². The molecular formula is C25H17F2N5O3S. The fraction of sp³-hybridized carbons (Fsp3) is 0.0400. The number of nitrogens with one attached hydrogen (secondary N) is 1. The minimum atomic E-state index is -4.41. The van der Waals surface area contributed by atoms with Crippen LogP contribution in [0.25, 0.3) is 33.3 Å². The van der Waals surface area contributed by atoms with E-state index in [1.807, 2.05) is 30.3 Å². The molecule has 3 aromatic heterocycles. The smallest absolute Gasteiger partial charge is 0.264 e. The zero-order valence-electron chi connectivity index (χ0n) is 18.7. The van der Waals surface area contributed by atoms with Gasteiger partial charge in [0.2, 0.25) is 5.88 Å². The summed E-state index contributed by atoms with van der Waals surface area (Å²) in [5.41, 5.74) is 3.53. The van der Waals surface area contributed by atoms with E-state index in [9.17, 15) is 17.2 Å². The molecule has 1 N–H and O–H groups in total. The largest absolute Gasteiger partial charge is 0.480 e. The van der Waals surface area contributed by atoms with Crippen molar-refractivity contribution >= 4 is 26.6 Å². The molecule has 11 heteroatoms. The standard InChI is InChI=1S/C25H17F2N5O3S/c1-35-25-22(32-36(33,34)23-5-3-18(26)12-20(23)27)11-17(13-29-25)16-2-4-21-19(10-16)24(31-14-30-21)15-6-8-28-9-7-15/h2-14,32H,1H3. The van der Waals surface area contributed by atoms with E-state index in [4.69, 9.17) is 4.74 Å². The van der Waals surface area contributed by atoms with Crippen LogP contribution in [0.2, 0.25) is 0 Å². The van der Waals surface area contributed by atoms with Gasteiger partial charge in [-0.2, -0.15) is 0 Å². The molecule has 0 saturated carbocycles. The van der Waals surface area contributed by atoms with Gasteiger partial charge in [0.05, 0.1) is 18.3 Å². The fourth-order valence-corrected chi connectivity index (χ4v) is 4.82. The van der Waals surface area contributed by atoms with Gasteiger partial charge in [-0.3, -0.25) is 9.71 Å². The van der Waals surface area contributed by atoms with Crippen LogP contribution >= 0.6 is 0 Å². The van der Waals surface area contributed by atoms with Crippen LogP contribution in [-0.4, -0.2) is 35.5 Å². The summed E-state index contributed by atoms with van der Waals surface area (Å²) in [7, 11) is -3.08. The number of methoxy groups -OCH3 is 1. The number of aromatic nitrogens is 4. The first-order chi connectivity index (χ1) is 17.4. The molecule has 0 fully saturated rings. The number of pyridine rings is 2. The molecule has 5 aromatic rings. The molecule has 0 spiro atoms. The van der Waals surface area contributed by atoms with Gasteiger partial charge in [-0.05, 0) is 48.0 Å². The zero-order chi connectivity index (χ0) is 25.3. The van der Waals surface area contributed by atoms with Crippen LogP contribution in [0.5, 0.6) is 5.88 Å². The molecule has 0 aliphatic carbocycles. The highest BCUT2D eigenvalue weighted by Gasteiger charge is 2.22. The summed E-state index contributed by atoms with van der Waals surface area (Å²) in [5, 5.41) is 0.771. The van der Waals surface area contributed by atoms with Crippen molar-refractivity contribution in [1.29, 1.82) is 0 Å². The molecular weight excluding hydrogens is 488 g/mol. The molecule has 180 valence electrons. The van der Waals surface area contributed by atoms with E-state index >= 15 is 0 Å². The number of hydrogen-bond donors (Lipinski definition) is 1. The molecule has 2 aromatic carbocycles. The number of hydrogen-bond acceptors (Lipinski definition) is 7. The van der Waals surface area contributed by atoms with Crippen LogP contribution in [0.1, 0.15) is 0 Å². The third-order valence-electron chi connectivity index (χ3n) is 5.39. The minimum Gasteiger partial charge on any atom is -0.480 e. The number of anilines is 1. The predicted molar refractivity (Wildman–Crippen MR) is 130 cm³/mol. The fourth-order valence-electron chi connectivity index (χ4n) is 3.71. The van der Waals surface area contributed by atoms with Crippen LogP contribution in [0, 0.1) is 11.6 Å². The quantitative estimate of drug-likeness (QED) is 0.352. The summed E-state index contributed by atoms with van der Waals surface area (Å²) in [4.78, 5) is 16.3. The first-order valence-corrected chi connectivity index (χ1v) is 12.0. The van der Waals surface area contributed by atoms with Crippen LogP contribution in [-0.2, 0) is 10.0 Å². The third-order valence-corrected chi connectivity index (χ3v) is 6.79. The molecule has 8 nitrogen and oxygen atoms in total. The lowest BCUT2D eigenvalue weighted by Gasteiger charge is -2.14. The van der Waals surface area contributed by atoms with Crippen molar-refractivity contribution in [2.75, 3.05) is 11.8 Å². The Morgan fingerprint density at radius 2 is 1.67 bits per heavy atom. The van der Waals surface area contributed by atoms with E-state index in [2.05, 4.69) is 24.7 Å². The third kappa shape index (κ3) is 4.43. The summed E-state index contributed by atoms with van der Waals surface area (Å²) < 4.78 is 60.6. The van der Waals surface area contributed by atoms with Crippen molar-refractivity contribution in [3.8, 4) is 28.3 Å². The molecule has 0 bridgehead atoms. The predicted octanol–water partition coefficient (Wildman–Crippen LogP) is 4.84. The molecule has 0 radical (unpaired) electrons. The average molecular weight is 506 g/mol. The van der Waals surface area contributed by atoms with Gasteiger partial charge in [0.25, 0.3) is 10.0 Å². The van der Waals surface area contributed by atoms with Gasteiger partial charge >= 0.3 is 0 Å². The monoisotopic (exact) mass is 505 g/mol. The topological polar surface area (TPSA) is 107 Å². The second kappa shape index (κ2) is 9.27. The molecule has 3 heterocycles. The van der Waals surface area contributed by atoms with E-state index in [0.717, 1.165) is 28.6 Å². The van der Waals surface area contributed by atoms with Gasteiger partial charge in [0.1, 0.15) is 28.5 Å². The lowest BCUT2D eigenvalue weighted by molar-refractivity contribution is 0.400. The summed E-state index contributed by atoms with van der Waals surface area (Å²) in [6.07, 6.45) is 6.34. The molecule has 0 atom stereocenters. The molecule has 0 amide bonds. The van der Waals surface area contributed by atoms with E-state index in [1.165, 1.54) is 25.7 Å². The van der Waals surface area contributed by atoms with Gasteiger partial charge in [-0.15, -0.1) is 0 Å². The highest BCUT2D eigenvalue weighted by Crippen LogP contribution is 2.33. The van der Waals surface area contributed by atoms with Crippen LogP contribution in [0.15, 0.2) is 84.4 Å². The number of ether oxygens (including phenoxy) is 1. The number of rotatable bonds is 6. The maximum absolute atomic E-state index is 14.2. The lowest BCUT2D eigenvalue weighted by atomic mass is 10.0. The Labute approximate surface area is 204 Å². The van der Waals surface area contributed by atoms with E-state index in [1.54, 1.807) is 12.4 Å². The van der Waals surface area contributed by atoms with Crippen molar-refractivity contribution in [2.24, 2.45) is 0 Å². The van der Waals surface area contributed by atoms with Crippen molar-refractivity contribution in [2.45, 2.75) is 4.90 Å². The Kier molecular flexibility index (Phi) is 5.98. The number of fused-ring (bicyclic) bond motifs is 1. The van der Waals surface area contributed by atoms with Gasteiger partial charge < -0.3 is 4.74 Å². The molecule has 36 heavy (non-hydrogen) atoms. The van der Waals surface area contributed by atoms with Crippen LogP contribution in [0.3, 0.4) is 0 Å². The average Bonchev–Trinajstić information content (AvgIpc) is 2.88. The second-order valence-corrected chi connectivity index (χ2v) is 9.30. The summed E-state index contributed by atoms with van der Waals surface area (Å²) in [6.45, 7) is 0. The first-order valence-electron chi connectivity index (χ1n) is 10.5. The Morgan fingerprint density at radius 1 is 0.861 bits per heavy atom. The molecule has 0 aliphatic rings. The Morgan fingerprint density at radius 3 is 2.42 bits per heavy atom. The van der Waals surface area contributed by atoms with E-state index < -0.39 is 26.6 Å². The second-order valence-electron chi connectivity index (χ2n) is 7.65. The van der Waals surface area contributed by atoms with Crippen molar-refractivity contribution in [3.63, 3.8) is 0 Å². The minimum absolute atomic E-state index is 0.0162. The van der Waals surface area contributed by atoms with Crippen LogP contribution in [0.4, 0.5) is 14.5 Å². The maximum atomic E-state index is 14.2. The first kappa shape index (κ1) is 23.2. The summed E-state index contributed by atoms with van der Waals surface area (Å²) in [5.74, 6) is -2.13. The van der Waals surface area contributed by atoms with Gasteiger partial charge in [-0.1, -0.05) is 6.07 Å². The number of nitrogens with zero attached hydrogens (tertiary/aromatic N) is 4. The molecule has 0 saturated heterocycles. The normalized spacial score (nSPS) is 11.4. The van der Waals surface area contributed by atoms with Gasteiger partial charge in [-0.25, -0.2) is 32.2 Å². The van der Waals surface area contributed by atoms with Gasteiger partial charge in [0.15, 0.2) is 0 Å². The van der Waals surface area contributed by atoms with E-state index in [0.29, 0.717) is 22.9 Å². The SMILES string of the molecule is COc1ncc(-c2ccc3ncnc(-c4ccncc4)c3c2)cc1NS(=O)(=O)c1ccc(F)cc1F. The zero-order valence-corrected chi connectivity index (χ0v) is 19.5. The maximum Gasteiger partial charge on any atom is 0.264 e. The Bertz CT molecular complexity index is 1700. The lowest BCUT2D eigenvalue weighted by Crippen LogP contribution is -2.15. The number of benzene rings is 2.